The molecule has 0 aromatic heterocycles. The number of amides is 1. The molecule has 0 radical (unpaired) electrons. The number of nitrogens with one attached hydrogen (secondary N) is 2. The van der Waals surface area contributed by atoms with Crippen molar-refractivity contribution >= 4 is 48.5 Å². The predicted molar refractivity (Wildman–Crippen MR) is 209 cm³/mol. The summed E-state index contributed by atoms with van der Waals surface area (Å²) >= 11 is 13.5. The van der Waals surface area contributed by atoms with Gasteiger partial charge in [0.2, 0.25) is 5.91 Å². The van der Waals surface area contributed by atoms with Gasteiger partial charge in [-0.15, -0.1) is 23.2 Å². The van der Waals surface area contributed by atoms with Gasteiger partial charge in [-0.05, 0) is 106 Å². The quantitative estimate of drug-likeness (QED) is 0.0422. The van der Waals surface area contributed by atoms with Gasteiger partial charge in [0, 0.05) is 55.4 Å². The second-order valence-corrected chi connectivity index (χ2v) is 16.9. The first-order chi connectivity index (χ1) is 22.5. The Morgan fingerprint density at radius 2 is 1.34 bits per heavy atom. The maximum atomic E-state index is 13.3. The van der Waals surface area contributed by atoms with Gasteiger partial charge in [-0.1, -0.05) is 58.2 Å². The van der Waals surface area contributed by atoms with Crippen molar-refractivity contribution in [3.8, 4) is 0 Å². The molecule has 2 N–H and O–H groups in total. The summed E-state index contributed by atoms with van der Waals surface area (Å²) in [4.78, 5) is 12.4. The molecule has 1 amide bonds. The summed E-state index contributed by atoms with van der Waals surface area (Å²) in [5.41, 5.74) is 7.09. The Morgan fingerprint density at radius 3 is 1.89 bits per heavy atom. The van der Waals surface area contributed by atoms with Crippen LogP contribution in [0.5, 0.6) is 0 Å². The smallest absolute Gasteiger partial charge is 0.343 e. The van der Waals surface area contributed by atoms with Crippen LogP contribution in [0.2, 0.25) is 0 Å². The molecular weight excluding hydrogens is 668 g/mol. The maximum absolute atomic E-state index is 13.3. The first kappa shape index (κ1) is 44.2. The van der Waals surface area contributed by atoms with Crippen LogP contribution < -0.4 is 10.4 Å². The molecule has 10 heteroatoms. The van der Waals surface area contributed by atoms with Crippen LogP contribution in [0, 0.1) is 0 Å². The van der Waals surface area contributed by atoms with E-state index in [0.717, 1.165) is 75.7 Å². The van der Waals surface area contributed by atoms with Gasteiger partial charge in [0.1, 0.15) is 0 Å². The summed E-state index contributed by atoms with van der Waals surface area (Å²) in [6, 6.07) is 0.110. The van der Waals surface area contributed by atoms with Crippen molar-refractivity contribution < 1.29 is 13.9 Å². The lowest BCUT2D eigenvalue weighted by atomic mass is 10.0. The normalized spacial score (nSPS) is 20.0. The molecule has 1 heterocycles. The van der Waals surface area contributed by atoms with Crippen molar-refractivity contribution in [2.45, 2.75) is 118 Å². The number of unbranched alkanes of at least 4 members (excludes halogenated alkanes) is 1. The Bertz CT molecular complexity index is 1100. The molecule has 47 heavy (non-hydrogen) atoms. The highest BCUT2D eigenvalue weighted by molar-refractivity contribution is 7.99. The number of carbonyl (C=O) groups is 1. The van der Waals surface area contributed by atoms with Crippen LogP contribution in [0.4, 0.5) is 0 Å². The Labute approximate surface area is 302 Å². The van der Waals surface area contributed by atoms with Crippen LogP contribution in [-0.2, 0) is 13.9 Å². The van der Waals surface area contributed by atoms with Crippen LogP contribution in [0.1, 0.15) is 112 Å². The molecule has 1 aliphatic rings. The third-order valence-electron chi connectivity index (χ3n) is 8.13. The van der Waals surface area contributed by atoms with Gasteiger partial charge in [-0.3, -0.25) is 9.36 Å². The van der Waals surface area contributed by atoms with Crippen LogP contribution in [0.25, 0.3) is 0 Å². The van der Waals surface area contributed by atoms with E-state index in [0.29, 0.717) is 44.4 Å². The monoisotopic (exact) mass is 731 g/mol. The van der Waals surface area contributed by atoms with Crippen LogP contribution >= 0.6 is 42.6 Å². The minimum absolute atomic E-state index is 0.0908. The molecule has 270 valence electrons. The van der Waals surface area contributed by atoms with Crippen molar-refractivity contribution in [1.82, 2.24) is 15.1 Å². The molecule has 0 saturated carbocycles. The van der Waals surface area contributed by atoms with Gasteiger partial charge in [0.05, 0.1) is 6.61 Å². The first-order valence-corrected chi connectivity index (χ1v) is 21.3. The van der Waals surface area contributed by atoms with Crippen molar-refractivity contribution in [3.63, 3.8) is 0 Å². The topological polar surface area (TPSA) is 70.7 Å². The van der Waals surface area contributed by atoms with Gasteiger partial charge >= 0.3 is 7.67 Å². The van der Waals surface area contributed by atoms with E-state index in [4.69, 9.17) is 27.7 Å². The number of carbonyl (C=O) groups excluding carboxylic acids is 1. The summed E-state index contributed by atoms with van der Waals surface area (Å²) in [5.74, 6) is 2.45. The Morgan fingerprint density at radius 1 is 0.787 bits per heavy atom. The number of allylic oxidation sites excluding steroid dienone is 10. The lowest BCUT2D eigenvalue weighted by Gasteiger charge is -2.40. The third kappa shape index (κ3) is 21.8. The zero-order chi connectivity index (χ0) is 34.9. The van der Waals surface area contributed by atoms with E-state index in [1.54, 1.807) is 11.8 Å². The van der Waals surface area contributed by atoms with Crippen LogP contribution in [0.3, 0.4) is 0 Å². The number of thioether (sulfide) groups is 1. The van der Waals surface area contributed by atoms with E-state index >= 15 is 0 Å². The molecule has 6 nitrogen and oxygen atoms in total. The Kier molecular flexibility index (Phi) is 25.4. The van der Waals surface area contributed by atoms with E-state index in [2.05, 4.69) is 82.3 Å². The lowest BCUT2D eigenvalue weighted by Crippen LogP contribution is -2.44. The third-order valence-corrected chi connectivity index (χ3v) is 12.0. The fraction of sp³-hybridized carbons (Fsp3) is 0.703. The molecule has 2 atom stereocenters. The molecule has 0 aromatic carbocycles. The second-order valence-electron chi connectivity index (χ2n) is 12.8. The Balaban J connectivity index is 2.23. The molecule has 1 fully saturated rings. The zero-order valence-electron chi connectivity index (χ0n) is 30.2. The highest BCUT2D eigenvalue weighted by Gasteiger charge is 2.40. The second kappa shape index (κ2) is 27.0. The number of rotatable bonds is 25. The molecular formula is C37H64Cl2N3O3PS. The summed E-state index contributed by atoms with van der Waals surface area (Å²) in [6.45, 7) is 15.2. The van der Waals surface area contributed by atoms with E-state index in [-0.39, 0.29) is 11.9 Å². The molecule has 0 aliphatic carbocycles. The molecule has 0 aromatic rings. The molecule has 0 bridgehead atoms. The van der Waals surface area contributed by atoms with Crippen molar-refractivity contribution in [2.75, 3.05) is 49.5 Å². The van der Waals surface area contributed by atoms with Gasteiger partial charge < -0.3 is 9.84 Å². The van der Waals surface area contributed by atoms with E-state index in [1.165, 1.54) is 27.9 Å². The molecule has 1 saturated heterocycles. The minimum Gasteiger partial charge on any atom is -0.355 e. The van der Waals surface area contributed by atoms with Crippen LogP contribution in [0.15, 0.2) is 58.2 Å². The van der Waals surface area contributed by atoms with Crippen molar-refractivity contribution in [3.05, 3.63) is 58.2 Å². The average molecular weight is 733 g/mol. The summed E-state index contributed by atoms with van der Waals surface area (Å²) < 4.78 is 20.8. The van der Waals surface area contributed by atoms with E-state index in [1.807, 2.05) is 4.67 Å². The van der Waals surface area contributed by atoms with E-state index < -0.39 is 7.67 Å². The lowest BCUT2D eigenvalue weighted by molar-refractivity contribution is -0.120. The number of alkyl halides is 2. The molecule has 1 rings (SSSR count). The number of nitrogens with zero attached hydrogens (tertiary/aromatic N) is 1. The predicted octanol–water partition coefficient (Wildman–Crippen LogP) is 10.8. The van der Waals surface area contributed by atoms with Crippen LogP contribution in [-0.4, -0.2) is 66.1 Å². The molecule has 0 spiro atoms. The summed E-state index contributed by atoms with van der Waals surface area (Å²) in [7, 11) is -3.12. The number of hydrogen-bond acceptors (Lipinski definition) is 4. The molecule has 1 aliphatic heterocycles. The maximum Gasteiger partial charge on any atom is 0.343 e. The van der Waals surface area contributed by atoms with Gasteiger partial charge in [0.25, 0.3) is 0 Å². The SMILES string of the molecule is CC(C)=CCC/C(C)=C/CC/C(C)=C/CC/C=C(\C)CC/C=C(\C)CCC(=O)NCCSCC1CCOP(=O)(NCCCl)N1CCCl. The number of halogens is 2. The first-order valence-electron chi connectivity index (χ1n) is 17.5. The standard InChI is InChI=1S/C37H64Cl2N3O3PS/c1-31(2)12-9-15-34(5)18-10-16-32(3)13-7-8-14-33(4)17-11-19-35(6)20-21-37(43)40-26-29-47-30-36-22-28-45-46(44,41-25-23-38)42(36)27-24-39/h12-14,18-19,36H,7-11,15-17,20-30H2,1-6H3,(H,40,43)(H,41,44)/b32-13+,33-14+,34-18+,35-19+. The fourth-order valence-electron chi connectivity index (χ4n) is 5.27. The highest BCUT2D eigenvalue weighted by Crippen LogP contribution is 2.51. The average Bonchev–Trinajstić information content (AvgIpc) is 3.02. The van der Waals surface area contributed by atoms with Gasteiger partial charge in [-0.25, -0.2) is 9.76 Å². The van der Waals surface area contributed by atoms with Gasteiger partial charge in [-0.2, -0.15) is 11.8 Å². The van der Waals surface area contributed by atoms with Crippen molar-refractivity contribution in [2.24, 2.45) is 0 Å². The highest BCUT2D eigenvalue weighted by atomic mass is 35.5. The Hall–Kier alpha value is -0.790. The van der Waals surface area contributed by atoms with E-state index in [9.17, 15) is 9.36 Å². The largest absolute Gasteiger partial charge is 0.355 e. The number of hydrogen-bond donors (Lipinski definition) is 2. The van der Waals surface area contributed by atoms with Gasteiger partial charge in [0.15, 0.2) is 0 Å². The zero-order valence-corrected chi connectivity index (χ0v) is 33.4. The summed E-state index contributed by atoms with van der Waals surface area (Å²) in [6.07, 6.45) is 22.7. The van der Waals surface area contributed by atoms with Crippen molar-refractivity contribution in [1.29, 1.82) is 0 Å². The fourth-order valence-corrected chi connectivity index (χ4v) is 9.10. The minimum atomic E-state index is -3.12. The molecule has 2 unspecified atom stereocenters. The summed E-state index contributed by atoms with van der Waals surface area (Å²) in [5, 5.41) is 6.03.